The number of nitrogens with zero attached hydrogens (tertiary/aromatic N) is 3. The Hall–Kier alpha value is -4.23. The number of aromatic nitrogens is 2. The summed E-state index contributed by atoms with van der Waals surface area (Å²) in [4.78, 5) is 15.7. The molecule has 0 radical (unpaired) electrons. The van der Waals surface area contributed by atoms with Crippen LogP contribution in [0, 0.1) is 17.7 Å². The van der Waals surface area contributed by atoms with Crippen LogP contribution in [-0.4, -0.2) is 63.6 Å². The monoisotopic (exact) mass is 524 g/mol. The van der Waals surface area contributed by atoms with E-state index >= 15 is 0 Å². The van der Waals surface area contributed by atoms with Gasteiger partial charge in [0.15, 0.2) is 0 Å². The first-order valence-electron chi connectivity index (χ1n) is 12.5. The molecular formula is C30H29ClN6O. The summed E-state index contributed by atoms with van der Waals surface area (Å²) in [5.41, 5.74) is 6.44. The van der Waals surface area contributed by atoms with E-state index in [1.807, 2.05) is 66.4 Å². The Labute approximate surface area is 226 Å². The average Bonchev–Trinajstić information content (AvgIpc) is 3.42. The third-order valence-corrected chi connectivity index (χ3v) is 7.41. The van der Waals surface area contributed by atoms with Gasteiger partial charge in [-0.05, 0) is 47.9 Å². The Balaban J connectivity index is 1.57. The lowest BCUT2D eigenvalue weighted by Crippen LogP contribution is -2.50. The maximum absolute atomic E-state index is 12.0. The molecule has 7 nitrogen and oxygen atoms in total. The van der Waals surface area contributed by atoms with E-state index in [1.165, 1.54) is 6.08 Å². The van der Waals surface area contributed by atoms with Gasteiger partial charge < -0.3 is 15.2 Å². The van der Waals surface area contributed by atoms with Gasteiger partial charge in [0.25, 0.3) is 0 Å². The Morgan fingerprint density at radius 1 is 1.05 bits per heavy atom. The Morgan fingerprint density at radius 3 is 2.47 bits per heavy atom. The number of carbonyl (C=O) groups excluding carboxylic acids is 1. The largest absolute Gasteiger partial charge is 0.353 e. The van der Waals surface area contributed by atoms with Crippen molar-refractivity contribution in [3.8, 4) is 11.1 Å². The van der Waals surface area contributed by atoms with Gasteiger partial charge in [-0.3, -0.25) is 15.3 Å². The Morgan fingerprint density at radius 2 is 1.76 bits per heavy atom. The quantitative estimate of drug-likeness (QED) is 0.177. The minimum atomic E-state index is -0.0994. The highest BCUT2D eigenvalue weighted by molar-refractivity contribution is 6.34. The van der Waals surface area contributed by atoms with E-state index in [0.717, 1.165) is 33.2 Å². The highest BCUT2D eigenvalue weighted by Gasteiger charge is 2.26. The summed E-state index contributed by atoms with van der Waals surface area (Å²) < 4.78 is 0. The molecule has 1 amide bonds. The maximum Gasteiger partial charge on any atom is 0.246 e. The summed E-state index contributed by atoms with van der Waals surface area (Å²) in [6.45, 7) is 7.68. The molecule has 3 N–H and O–H groups in total. The fourth-order valence-electron chi connectivity index (χ4n) is 5.04. The van der Waals surface area contributed by atoms with Gasteiger partial charge in [0.05, 0.1) is 11.7 Å². The summed E-state index contributed by atoms with van der Waals surface area (Å²) >= 11 is 6.93. The number of hydrogen-bond acceptors (Lipinski definition) is 4. The van der Waals surface area contributed by atoms with Gasteiger partial charge in [-0.2, -0.15) is 5.10 Å². The highest BCUT2D eigenvalue weighted by Crippen LogP contribution is 2.38. The Bertz CT molecular complexity index is 1550. The van der Waals surface area contributed by atoms with Crippen LogP contribution in [0.15, 0.2) is 73.4 Å². The van der Waals surface area contributed by atoms with Gasteiger partial charge in [-0.25, -0.2) is 0 Å². The van der Waals surface area contributed by atoms with E-state index in [4.69, 9.17) is 22.4 Å². The number of aromatic amines is 1. The van der Waals surface area contributed by atoms with Crippen LogP contribution in [0.2, 0.25) is 5.02 Å². The number of piperazine rings is 1. The first kappa shape index (κ1) is 25.4. The molecule has 1 aliphatic heterocycles. The minimum Gasteiger partial charge on any atom is -0.353 e. The summed E-state index contributed by atoms with van der Waals surface area (Å²) in [7, 11) is 0. The van der Waals surface area contributed by atoms with Crippen LogP contribution in [0.25, 0.3) is 22.0 Å². The summed E-state index contributed by atoms with van der Waals surface area (Å²) in [5.74, 6) is 0.202. The van der Waals surface area contributed by atoms with Gasteiger partial charge in [-0.15, -0.1) is 0 Å². The van der Waals surface area contributed by atoms with E-state index in [0.29, 0.717) is 60.3 Å². The molecule has 38 heavy (non-hydrogen) atoms. The zero-order chi connectivity index (χ0) is 26.8. The fraction of sp³-hybridized carbons (Fsp3) is 0.200. The standard InChI is InChI=1S/C30H29ClN6O/c1-3-28(38)36-11-13-37(14-12-36)30(33)22-17-25(31)23(29-19(2)9-10-27-24(29)18-34-35-27)16-21(22)26(32)15-20-7-5-4-6-8-20/h3-10,16-18,32-33H,1,11-15H2,2H3,(H,34,35). The molecule has 0 atom stereocenters. The van der Waals surface area contributed by atoms with E-state index in [2.05, 4.69) is 16.8 Å². The van der Waals surface area contributed by atoms with Crippen LogP contribution in [0.1, 0.15) is 22.3 Å². The average molecular weight is 525 g/mol. The van der Waals surface area contributed by atoms with E-state index in [9.17, 15) is 4.79 Å². The Kier molecular flexibility index (Phi) is 7.11. The third kappa shape index (κ3) is 4.85. The van der Waals surface area contributed by atoms with Crippen molar-refractivity contribution in [1.29, 1.82) is 10.8 Å². The topological polar surface area (TPSA) is 99.9 Å². The summed E-state index contributed by atoms with van der Waals surface area (Å²) in [6, 6.07) is 17.7. The zero-order valence-electron chi connectivity index (χ0n) is 21.2. The molecule has 1 aromatic heterocycles. The number of fused-ring (bicyclic) bond motifs is 1. The van der Waals surface area contributed by atoms with Crippen LogP contribution in [0.3, 0.4) is 0 Å². The molecule has 1 aliphatic rings. The molecule has 0 spiro atoms. The van der Waals surface area contributed by atoms with Crippen molar-refractivity contribution < 1.29 is 4.79 Å². The fourth-order valence-corrected chi connectivity index (χ4v) is 5.30. The molecule has 0 unspecified atom stereocenters. The van der Waals surface area contributed by atoms with E-state index < -0.39 is 0 Å². The number of rotatable bonds is 6. The number of benzene rings is 3. The van der Waals surface area contributed by atoms with Crippen LogP contribution < -0.4 is 0 Å². The van der Waals surface area contributed by atoms with Crippen LogP contribution >= 0.6 is 11.6 Å². The molecule has 1 saturated heterocycles. The number of carbonyl (C=O) groups is 1. The SMILES string of the molecule is C=CC(=O)N1CCN(C(=N)c2cc(Cl)c(-c3c(C)ccc4[nH]ncc34)cc2C(=N)Cc2ccccc2)CC1. The van der Waals surface area contributed by atoms with Crippen molar-refractivity contribution >= 4 is 40.0 Å². The number of H-pyrrole nitrogens is 1. The smallest absolute Gasteiger partial charge is 0.246 e. The molecule has 5 rings (SSSR count). The molecule has 0 bridgehead atoms. The molecule has 2 heterocycles. The van der Waals surface area contributed by atoms with E-state index in [1.54, 1.807) is 11.1 Å². The number of aryl methyl sites for hydroxylation is 1. The molecule has 3 aromatic carbocycles. The predicted molar refractivity (Wildman–Crippen MR) is 153 cm³/mol. The highest BCUT2D eigenvalue weighted by atomic mass is 35.5. The number of amides is 1. The lowest BCUT2D eigenvalue weighted by Gasteiger charge is -2.36. The van der Waals surface area contributed by atoms with Crippen molar-refractivity contribution in [2.45, 2.75) is 13.3 Å². The molecule has 4 aromatic rings. The lowest BCUT2D eigenvalue weighted by molar-refractivity contribution is -0.127. The van der Waals surface area contributed by atoms with Crippen molar-refractivity contribution in [1.82, 2.24) is 20.0 Å². The molecule has 0 saturated carbocycles. The number of halogens is 1. The number of amidine groups is 1. The number of nitrogens with one attached hydrogen (secondary N) is 3. The van der Waals surface area contributed by atoms with Crippen molar-refractivity contribution in [3.05, 3.63) is 101 Å². The molecule has 1 fully saturated rings. The first-order valence-corrected chi connectivity index (χ1v) is 12.9. The van der Waals surface area contributed by atoms with Gasteiger partial charge in [0.1, 0.15) is 5.84 Å². The second kappa shape index (κ2) is 10.6. The molecule has 192 valence electrons. The zero-order valence-corrected chi connectivity index (χ0v) is 22.0. The van der Waals surface area contributed by atoms with Crippen molar-refractivity contribution in [2.24, 2.45) is 0 Å². The summed E-state index contributed by atoms with van der Waals surface area (Å²) in [5, 5.41) is 26.9. The molecule has 8 heteroatoms. The number of hydrogen-bond donors (Lipinski definition) is 3. The third-order valence-electron chi connectivity index (χ3n) is 7.10. The maximum atomic E-state index is 12.0. The van der Waals surface area contributed by atoms with Crippen molar-refractivity contribution in [2.75, 3.05) is 26.2 Å². The predicted octanol–water partition coefficient (Wildman–Crippen LogP) is 5.46. The lowest BCUT2D eigenvalue weighted by atomic mass is 9.90. The van der Waals surface area contributed by atoms with Gasteiger partial charge in [0.2, 0.25) is 5.91 Å². The summed E-state index contributed by atoms with van der Waals surface area (Å²) in [6.07, 6.45) is 3.55. The molecule has 0 aliphatic carbocycles. The van der Waals surface area contributed by atoms with Gasteiger partial charge in [-0.1, -0.05) is 54.6 Å². The van der Waals surface area contributed by atoms with Crippen molar-refractivity contribution in [3.63, 3.8) is 0 Å². The van der Waals surface area contributed by atoms with Crippen LogP contribution in [0.5, 0.6) is 0 Å². The van der Waals surface area contributed by atoms with Crippen LogP contribution in [-0.2, 0) is 11.2 Å². The molecular weight excluding hydrogens is 496 g/mol. The van der Waals surface area contributed by atoms with Crippen LogP contribution in [0.4, 0.5) is 0 Å². The van der Waals surface area contributed by atoms with E-state index in [-0.39, 0.29) is 5.91 Å². The van der Waals surface area contributed by atoms with Gasteiger partial charge in [0, 0.05) is 65.4 Å². The second-order valence-electron chi connectivity index (χ2n) is 9.47. The minimum absolute atomic E-state index is 0.0994. The normalized spacial score (nSPS) is 13.5. The first-order chi connectivity index (χ1) is 18.4. The second-order valence-corrected chi connectivity index (χ2v) is 9.88. The van der Waals surface area contributed by atoms with Gasteiger partial charge >= 0.3 is 0 Å².